The first-order valence-electron chi connectivity index (χ1n) is 3.26. The van der Waals surface area contributed by atoms with Crippen LogP contribution in [0.15, 0.2) is 34.3 Å². The smallest absolute Gasteiger partial charge is 0.0771 e. The van der Waals surface area contributed by atoms with Crippen LogP contribution < -0.4 is 0 Å². The van der Waals surface area contributed by atoms with E-state index in [-0.39, 0.29) is 0 Å². The lowest BCUT2D eigenvalue weighted by Crippen LogP contribution is -1.66. The maximum atomic E-state index is 4.26. The van der Waals surface area contributed by atoms with E-state index in [2.05, 4.69) is 30.2 Å². The number of rotatable bonds is 0. The zero-order valence-corrected chi connectivity index (χ0v) is 7.49. The van der Waals surface area contributed by atoms with E-state index in [0.29, 0.717) is 0 Å². The van der Waals surface area contributed by atoms with E-state index in [9.17, 15) is 0 Å². The normalized spacial score (nSPS) is 10.7. The third-order valence-corrected chi connectivity index (χ3v) is 2.30. The van der Waals surface area contributed by atoms with Gasteiger partial charge in [-0.15, -0.1) is 25.3 Å². The van der Waals surface area contributed by atoms with Gasteiger partial charge in [0.1, 0.15) is 0 Å². The summed E-state index contributed by atoms with van der Waals surface area (Å²) >= 11 is 8.49. The largest absolute Gasteiger partial charge is 0.356 e. The second-order valence-corrected chi connectivity index (χ2v) is 3.37. The van der Waals surface area contributed by atoms with Crippen molar-refractivity contribution in [1.29, 1.82) is 0 Å². The van der Waals surface area contributed by atoms with Crippen LogP contribution in [0.5, 0.6) is 0 Å². The van der Waals surface area contributed by atoms with Gasteiger partial charge in [0.15, 0.2) is 0 Å². The number of aromatic amines is 1. The summed E-state index contributed by atoms with van der Waals surface area (Å²) in [6.45, 7) is 0. The fourth-order valence-corrected chi connectivity index (χ4v) is 1.56. The predicted molar refractivity (Wildman–Crippen MR) is 52.8 cm³/mol. The molecule has 11 heavy (non-hydrogen) atoms. The number of H-pyrrole nitrogens is 1. The second-order valence-electron chi connectivity index (χ2n) is 2.41. The number of hydrogen-bond acceptors (Lipinski definition) is 2. The van der Waals surface area contributed by atoms with Gasteiger partial charge in [-0.1, -0.05) is 6.07 Å². The fourth-order valence-electron chi connectivity index (χ4n) is 1.10. The van der Waals surface area contributed by atoms with Crippen molar-refractivity contribution in [2.45, 2.75) is 9.92 Å². The Hall–Kier alpha value is -0.540. The summed E-state index contributed by atoms with van der Waals surface area (Å²) in [5.41, 5.74) is 0. The van der Waals surface area contributed by atoms with Gasteiger partial charge >= 0.3 is 0 Å². The average molecular weight is 181 g/mol. The molecule has 3 heteroatoms. The van der Waals surface area contributed by atoms with Crippen LogP contribution in [-0.4, -0.2) is 4.98 Å². The molecule has 0 aliphatic carbocycles. The molecule has 0 radical (unpaired) electrons. The Morgan fingerprint density at radius 3 is 2.82 bits per heavy atom. The average Bonchev–Trinajstić information content (AvgIpc) is 2.33. The molecule has 0 atom stereocenters. The number of thiol groups is 2. The van der Waals surface area contributed by atoms with Crippen LogP contribution in [-0.2, 0) is 0 Å². The van der Waals surface area contributed by atoms with Gasteiger partial charge in [-0.05, 0) is 12.1 Å². The molecular weight excluding hydrogens is 174 g/mol. The van der Waals surface area contributed by atoms with Crippen LogP contribution in [0.1, 0.15) is 0 Å². The molecule has 0 amide bonds. The molecule has 0 unspecified atom stereocenters. The highest BCUT2D eigenvalue weighted by atomic mass is 32.1. The maximum absolute atomic E-state index is 4.26. The van der Waals surface area contributed by atoms with Gasteiger partial charge in [-0.3, -0.25) is 0 Å². The Morgan fingerprint density at radius 2 is 2.00 bits per heavy atom. The van der Waals surface area contributed by atoms with Crippen LogP contribution in [0.4, 0.5) is 0 Å². The highest BCUT2D eigenvalue weighted by Crippen LogP contribution is 2.23. The van der Waals surface area contributed by atoms with Crippen molar-refractivity contribution < 1.29 is 0 Å². The molecular formula is C8H7NS2. The fraction of sp³-hybridized carbons (Fsp3) is 0. The number of hydrogen-bond donors (Lipinski definition) is 3. The van der Waals surface area contributed by atoms with Crippen molar-refractivity contribution >= 4 is 36.0 Å². The minimum atomic E-state index is 0.899. The molecule has 0 saturated carbocycles. The lowest BCUT2D eigenvalue weighted by atomic mass is 10.2. The van der Waals surface area contributed by atoms with Crippen LogP contribution in [0.25, 0.3) is 10.8 Å². The monoisotopic (exact) mass is 181 g/mol. The molecule has 0 aliphatic heterocycles. The first kappa shape index (κ1) is 7.13. The number of aromatic nitrogens is 1. The van der Waals surface area contributed by atoms with Crippen molar-refractivity contribution in [2.75, 3.05) is 0 Å². The van der Waals surface area contributed by atoms with Gasteiger partial charge in [0.05, 0.1) is 5.03 Å². The quantitative estimate of drug-likeness (QED) is 0.518. The lowest BCUT2D eigenvalue weighted by Gasteiger charge is -1.91. The van der Waals surface area contributed by atoms with Crippen LogP contribution >= 0.6 is 25.3 Å². The van der Waals surface area contributed by atoms with Crippen molar-refractivity contribution in [3.8, 4) is 0 Å². The molecule has 1 N–H and O–H groups in total. The Balaban J connectivity index is 2.87. The molecule has 1 nitrogen and oxygen atoms in total. The zero-order chi connectivity index (χ0) is 7.84. The molecule has 1 aromatic carbocycles. The molecule has 2 rings (SSSR count). The van der Waals surface area contributed by atoms with Crippen molar-refractivity contribution in [3.63, 3.8) is 0 Å². The van der Waals surface area contributed by atoms with Gasteiger partial charge in [-0.2, -0.15) is 0 Å². The number of fused-ring (bicyclic) bond motifs is 1. The van der Waals surface area contributed by atoms with E-state index in [1.807, 2.05) is 24.4 Å². The van der Waals surface area contributed by atoms with E-state index >= 15 is 0 Å². The van der Waals surface area contributed by atoms with Crippen molar-refractivity contribution in [2.24, 2.45) is 0 Å². The predicted octanol–water partition coefficient (Wildman–Crippen LogP) is 2.75. The minimum absolute atomic E-state index is 0.899. The summed E-state index contributed by atoms with van der Waals surface area (Å²) in [5.74, 6) is 0. The Kier molecular flexibility index (Phi) is 1.62. The lowest BCUT2D eigenvalue weighted by molar-refractivity contribution is 1.23. The van der Waals surface area contributed by atoms with Crippen molar-refractivity contribution in [1.82, 2.24) is 4.98 Å². The maximum Gasteiger partial charge on any atom is 0.0771 e. The second kappa shape index (κ2) is 2.50. The molecule has 0 bridgehead atoms. The van der Waals surface area contributed by atoms with E-state index in [1.54, 1.807) is 0 Å². The molecule has 0 saturated heterocycles. The van der Waals surface area contributed by atoms with E-state index in [1.165, 1.54) is 5.39 Å². The topological polar surface area (TPSA) is 15.8 Å². The third-order valence-electron chi connectivity index (χ3n) is 1.66. The number of nitrogens with one attached hydrogen (secondary N) is 1. The number of benzene rings is 1. The van der Waals surface area contributed by atoms with E-state index < -0.39 is 0 Å². The van der Waals surface area contributed by atoms with Crippen LogP contribution in [0, 0.1) is 0 Å². The summed E-state index contributed by atoms with van der Waals surface area (Å²) in [7, 11) is 0. The molecule has 1 aromatic heterocycles. The Morgan fingerprint density at radius 1 is 1.18 bits per heavy atom. The van der Waals surface area contributed by atoms with E-state index in [4.69, 9.17) is 0 Å². The SMILES string of the molecule is Sc1ccc2c[nH]c(S)c2c1. The van der Waals surface area contributed by atoms with Gasteiger partial charge in [0, 0.05) is 21.9 Å². The van der Waals surface area contributed by atoms with Crippen LogP contribution in [0.2, 0.25) is 0 Å². The summed E-state index contributed by atoms with van der Waals surface area (Å²) in [6, 6.07) is 5.98. The highest BCUT2D eigenvalue weighted by Gasteiger charge is 1.98. The standard InChI is InChI=1S/C8H7NS2/c10-6-2-1-5-4-9-8(11)7(5)3-6/h1-4,9-11H. The van der Waals surface area contributed by atoms with Gasteiger partial charge in [0.25, 0.3) is 0 Å². The molecule has 0 aliphatic rings. The molecule has 56 valence electrons. The summed E-state index contributed by atoms with van der Waals surface area (Å²) < 4.78 is 0. The summed E-state index contributed by atoms with van der Waals surface area (Å²) in [6.07, 6.45) is 1.94. The van der Waals surface area contributed by atoms with Crippen molar-refractivity contribution in [3.05, 3.63) is 24.4 Å². The summed E-state index contributed by atoms with van der Waals surface area (Å²) in [5, 5.41) is 3.20. The summed E-state index contributed by atoms with van der Waals surface area (Å²) in [4.78, 5) is 4.00. The molecule has 0 spiro atoms. The molecule has 0 fully saturated rings. The van der Waals surface area contributed by atoms with E-state index in [0.717, 1.165) is 15.3 Å². The van der Waals surface area contributed by atoms with Gasteiger partial charge in [-0.25, -0.2) is 0 Å². The van der Waals surface area contributed by atoms with Crippen LogP contribution in [0.3, 0.4) is 0 Å². The van der Waals surface area contributed by atoms with Gasteiger partial charge in [0.2, 0.25) is 0 Å². The first-order chi connectivity index (χ1) is 5.27. The van der Waals surface area contributed by atoms with Gasteiger partial charge < -0.3 is 4.98 Å². The molecule has 1 heterocycles. The highest BCUT2D eigenvalue weighted by molar-refractivity contribution is 7.80. The Bertz CT molecular complexity index is 392. The minimum Gasteiger partial charge on any atom is -0.356 e. The third kappa shape index (κ3) is 1.14. The first-order valence-corrected chi connectivity index (χ1v) is 4.16. The Labute approximate surface area is 75.6 Å². The zero-order valence-electron chi connectivity index (χ0n) is 5.70. The molecule has 2 aromatic rings.